The Morgan fingerprint density at radius 1 is 1.08 bits per heavy atom. The standard InChI is InChI=1S/C32H35N5O2/c1-20-14-24(15-26-19-37(12-10-27(20)26)13-11-33-31(38)22-6-7-22)25-16-28-29(18-35-30(28)34-17-25)21-4-8-23(9-5-21)32(39)36(2)3/h4-5,8-9,14-18,22H,6-7,10-13,19H2,1-3H3,(H,33,38)(H,34,35). The maximum Gasteiger partial charge on any atom is 0.253 e. The average molecular weight is 522 g/mol. The van der Waals surface area contributed by atoms with E-state index in [0.717, 1.165) is 66.6 Å². The predicted octanol–water partition coefficient (Wildman–Crippen LogP) is 4.79. The van der Waals surface area contributed by atoms with Crippen molar-refractivity contribution >= 4 is 22.8 Å². The molecule has 7 nitrogen and oxygen atoms in total. The van der Waals surface area contributed by atoms with Gasteiger partial charge >= 0.3 is 0 Å². The molecule has 1 saturated carbocycles. The first-order valence-corrected chi connectivity index (χ1v) is 13.8. The molecule has 2 aromatic carbocycles. The predicted molar refractivity (Wildman–Crippen MR) is 154 cm³/mol. The summed E-state index contributed by atoms with van der Waals surface area (Å²) in [6.07, 6.45) is 7.04. The fourth-order valence-electron chi connectivity index (χ4n) is 5.61. The van der Waals surface area contributed by atoms with Crippen molar-refractivity contribution < 1.29 is 9.59 Å². The second-order valence-corrected chi connectivity index (χ2v) is 11.1. The number of aryl methyl sites for hydroxylation is 1. The summed E-state index contributed by atoms with van der Waals surface area (Å²) in [6, 6.07) is 14.6. The first-order chi connectivity index (χ1) is 18.9. The molecule has 3 heterocycles. The number of fused-ring (bicyclic) bond motifs is 2. The summed E-state index contributed by atoms with van der Waals surface area (Å²) in [5, 5.41) is 4.16. The minimum atomic E-state index is -0.00576. The Morgan fingerprint density at radius 3 is 2.62 bits per heavy atom. The summed E-state index contributed by atoms with van der Waals surface area (Å²) >= 11 is 0. The number of rotatable bonds is 7. The fourth-order valence-corrected chi connectivity index (χ4v) is 5.61. The van der Waals surface area contributed by atoms with Crippen LogP contribution in [0.1, 0.15) is 39.9 Å². The molecule has 0 saturated heterocycles. The molecule has 39 heavy (non-hydrogen) atoms. The van der Waals surface area contributed by atoms with Crippen LogP contribution in [0, 0.1) is 12.8 Å². The molecular weight excluding hydrogens is 486 g/mol. The summed E-state index contributed by atoms with van der Waals surface area (Å²) in [4.78, 5) is 36.4. The summed E-state index contributed by atoms with van der Waals surface area (Å²) < 4.78 is 0. The maximum atomic E-state index is 12.3. The van der Waals surface area contributed by atoms with Gasteiger partial charge in [-0.05, 0) is 78.3 Å². The van der Waals surface area contributed by atoms with E-state index in [0.29, 0.717) is 12.1 Å². The number of carbonyl (C=O) groups is 2. The van der Waals surface area contributed by atoms with Crippen LogP contribution in [0.2, 0.25) is 0 Å². The number of aromatic nitrogens is 2. The van der Waals surface area contributed by atoms with Crippen molar-refractivity contribution in [3.8, 4) is 22.3 Å². The summed E-state index contributed by atoms with van der Waals surface area (Å²) in [5.74, 6) is 0.472. The van der Waals surface area contributed by atoms with Crippen LogP contribution in [0.15, 0.2) is 54.9 Å². The van der Waals surface area contributed by atoms with Gasteiger partial charge in [0.15, 0.2) is 0 Å². The first-order valence-electron chi connectivity index (χ1n) is 13.8. The van der Waals surface area contributed by atoms with Crippen molar-refractivity contribution in [3.05, 3.63) is 77.1 Å². The van der Waals surface area contributed by atoms with E-state index in [1.165, 1.54) is 22.3 Å². The molecule has 1 aliphatic heterocycles. The molecule has 1 fully saturated rings. The SMILES string of the molecule is Cc1cc(-c2cnc3[nH]cc(-c4ccc(C(=O)N(C)C)cc4)c3c2)cc2c1CCN(CCNC(=O)C1CC1)C2. The number of pyridine rings is 1. The second kappa shape index (κ2) is 10.3. The molecule has 200 valence electrons. The zero-order valence-corrected chi connectivity index (χ0v) is 22.9. The Labute approximate surface area is 229 Å². The van der Waals surface area contributed by atoms with Crippen LogP contribution in [-0.4, -0.2) is 65.3 Å². The summed E-state index contributed by atoms with van der Waals surface area (Å²) in [5.41, 5.74) is 10.0. The Hall–Kier alpha value is -3.97. The Kier molecular flexibility index (Phi) is 6.69. The fraction of sp³-hybridized carbons (Fsp3) is 0.344. The van der Waals surface area contributed by atoms with E-state index in [2.05, 4.69) is 40.3 Å². The van der Waals surface area contributed by atoms with Gasteiger partial charge in [0.05, 0.1) is 0 Å². The lowest BCUT2D eigenvalue weighted by molar-refractivity contribution is -0.122. The van der Waals surface area contributed by atoms with E-state index < -0.39 is 0 Å². The van der Waals surface area contributed by atoms with Crippen molar-refractivity contribution in [2.45, 2.75) is 32.7 Å². The minimum absolute atomic E-state index is 0.00576. The van der Waals surface area contributed by atoms with Crippen molar-refractivity contribution in [1.82, 2.24) is 25.1 Å². The van der Waals surface area contributed by atoms with Gasteiger partial charge in [0.2, 0.25) is 5.91 Å². The molecule has 2 N–H and O–H groups in total. The quantitative estimate of drug-likeness (QED) is 0.366. The molecule has 0 unspecified atom stereocenters. The number of hydrogen-bond acceptors (Lipinski definition) is 4. The Morgan fingerprint density at radius 2 is 1.87 bits per heavy atom. The van der Waals surface area contributed by atoms with Gasteiger partial charge < -0.3 is 15.2 Å². The normalized spacial score (nSPS) is 15.3. The zero-order valence-electron chi connectivity index (χ0n) is 22.9. The van der Waals surface area contributed by atoms with E-state index >= 15 is 0 Å². The third kappa shape index (κ3) is 5.19. The van der Waals surface area contributed by atoms with E-state index in [4.69, 9.17) is 4.98 Å². The lowest BCUT2D eigenvalue weighted by Crippen LogP contribution is -2.38. The minimum Gasteiger partial charge on any atom is -0.355 e. The van der Waals surface area contributed by atoms with E-state index in [1.807, 2.05) is 36.7 Å². The van der Waals surface area contributed by atoms with Gasteiger partial charge in [-0.3, -0.25) is 14.5 Å². The largest absolute Gasteiger partial charge is 0.355 e. The Balaban J connectivity index is 1.24. The van der Waals surface area contributed by atoms with Crippen LogP contribution in [-0.2, 0) is 17.8 Å². The van der Waals surface area contributed by atoms with Crippen LogP contribution in [0.25, 0.3) is 33.3 Å². The second-order valence-electron chi connectivity index (χ2n) is 11.1. The molecule has 2 aromatic heterocycles. The molecule has 6 rings (SSSR count). The van der Waals surface area contributed by atoms with Crippen molar-refractivity contribution in [1.29, 1.82) is 0 Å². The maximum absolute atomic E-state index is 12.3. The van der Waals surface area contributed by atoms with Gasteiger partial charge in [-0.1, -0.05) is 18.2 Å². The monoisotopic (exact) mass is 521 g/mol. The number of benzene rings is 2. The molecule has 0 radical (unpaired) electrons. The molecule has 0 bridgehead atoms. The lowest BCUT2D eigenvalue weighted by atomic mass is 9.90. The highest BCUT2D eigenvalue weighted by molar-refractivity contribution is 5.98. The van der Waals surface area contributed by atoms with Gasteiger partial charge in [0, 0.05) is 80.7 Å². The third-order valence-corrected chi connectivity index (χ3v) is 8.03. The van der Waals surface area contributed by atoms with Gasteiger partial charge in [0.1, 0.15) is 5.65 Å². The van der Waals surface area contributed by atoms with Crippen LogP contribution in [0.4, 0.5) is 0 Å². The summed E-state index contributed by atoms with van der Waals surface area (Å²) in [7, 11) is 3.52. The highest BCUT2D eigenvalue weighted by atomic mass is 16.2. The van der Waals surface area contributed by atoms with E-state index in [-0.39, 0.29) is 17.7 Å². The molecule has 7 heteroatoms. The van der Waals surface area contributed by atoms with Gasteiger partial charge in [-0.25, -0.2) is 4.98 Å². The van der Waals surface area contributed by atoms with Gasteiger partial charge in [-0.2, -0.15) is 0 Å². The number of aromatic amines is 1. The number of nitrogens with one attached hydrogen (secondary N) is 2. The van der Waals surface area contributed by atoms with Crippen LogP contribution >= 0.6 is 0 Å². The van der Waals surface area contributed by atoms with Crippen LogP contribution in [0.3, 0.4) is 0 Å². The zero-order chi connectivity index (χ0) is 27.1. The average Bonchev–Trinajstić information content (AvgIpc) is 3.71. The number of H-pyrrole nitrogens is 1. The molecule has 2 aliphatic rings. The highest BCUT2D eigenvalue weighted by Gasteiger charge is 2.29. The number of amides is 2. The molecular formula is C32H35N5O2. The Bertz CT molecular complexity index is 1550. The highest BCUT2D eigenvalue weighted by Crippen LogP contribution is 2.34. The molecule has 1 aliphatic carbocycles. The molecule has 4 aromatic rings. The third-order valence-electron chi connectivity index (χ3n) is 8.03. The molecule has 0 spiro atoms. The van der Waals surface area contributed by atoms with Gasteiger partial charge in [-0.15, -0.1) is 0 Å². The molecule has 2 amide bonds. The number of hydrogen-bond donors (Lipinski definition) is 2. The van der Waals surface area contributed by atoms with E-state index in [1.54, 1.807) is 19.0 Å². The first kappa shape index (κ1) is 25.3. The van der Waals surface area contributed by atoms with Crippen molar-refractivity contribution in [2.75, 3.05) is 33.7 Å². The van der Waals surface area contributed by atoms with Crippen LogP contribution in [0.5, 0.6) is 0 Å². The summed E-state index contributed by atoms with van der Waals surface area (Å²) in [6.45, 7) is 5.71. The number of carbonyl (C=O) groups excluding carboxylic acids is 2. The van der Waals surface area contributed by atoms with Crippen molar-refractivity contribution in [3.63, 3.8) is 0 Å². The van der Waals surface area contributed by atoms with Gasteiger partial charge in [0.25, 0.3) is 5.91 Å². The lowest BCUT2D eigenvalue weighted by Gasteiger charge is -2.30. The van der Waals surface area contributed by atoms with E-state index in [9.17, 15) is 9.59 Å². The number of nitrogens with zero attached hydrogens (tertiary/aromatic N) is 3. The smallest absolute Gasteiger partial charge is 0.253 e. The topological polar surface area (TPSA) is 81.3 Å². The van der Waals surface area contributed by atoms with Crippen molar-refractivity contribution in [2.24, 2.45) is 5.92 Å². The van der Waals surface area contributed by atoms with Crippen LogP contribution < -0.4 is 5.32 Å². The molecule has 0 atom stereocenters.